The lowest BCUT2D eigenvalue weighted by Crippen LogP contribution is -2.33. The molecular weight excluding hydrogens is 304 g/mol. The Balaban J connectivity index is 0.00000176. The summed E-state index contributed by atoms with van der Waals surface area (Å²) >= 11 is 0. The van der Waals surface area contributed by atoms with E-state index >= 15 is 0 Å². The number of piperidine rings is 1. The molecule has 2 aliphatic heterocycles. The molecule has 0 saturated carbocycles. The maximum absolute atomic E-state index is 12.1. The van der Waals surface area contributed by atoms with Crippen molar-refractivity contribution in [3.63, 3.8) is 0 Å². The molecule has 122 valence electrons. The Bertz CT molecular complexity index is 518. The zero-order chi connectivity index (χ0) is 14.7. The van der Waals surface area contributed by atoms with Crippen LogP contribution in [0.15, 0.2) is 18.2 Å². The van der Waals surface area contributed by atoms with Crippen LogP contribution in [0.2, 0.25) is 0 Å². The van der Waals surface area contributed by atoms with Crippen LogP contribution in [0.3, 0.4) is 0 Å². The Morgan fingerprint density at radius 2 is 2.05 bits per heavy atom. The van der Waals surface area contributed by atoms with E-state index in [-0.39, 0.29) is 31.1 Å². The van der Waals surface area contributed by atoms with Crippen LogP contribution in [0, 0.1) is 5.92 Å². The molecule has 0 aromatic heterocycles. The molecule has 1 unspecified atom stereocenters. The molecule has 1 fully saturated rings. The van der Waals surface area contributed by atoms with Gasteiger partial charge in [-0.15, -0.1) is 12.4 Å². The number of fused-ring (bicyclic) bond motifs is 1. The van der Waals surface area contributed by atoms with Gasteiger partial charge in [0.2, 0.25) is 12.7 Å². The van der Waals surface area contributed by atoms with Crippen LogP contribution < -0.4 is 20.1 Å². The lowest BCUT2D eigenvalue weighted by atomic mass is 9.94. The van der Waals surface area contributed by atoms with Gasteiger partial charge in [-0.2, -0.15) is 0 Å². The van der Waals surface area contributed by atoms with E-state index in [1.54, 1.807) is 0 Å². The summed E-state index contributed by atoms with van der Waals surface area (Å²) in [6, 6.07) is 5.79. The van der Waals surface area contributed by atoms with Gasteiger partial charge in [0.25, 0.3) is 0 Å². The van der Waals surface area contributed by atoms with Crippen molar-refractivity contribution in [2.45, 2.75) is 32.2 Å². The second kappa shape index (κ2) is 7.70. The molecule has 0 bridgehead atoms. The Morgan fingerprint density at radius 1 is 1.32 bits per heavy atom. The average Bonchev–Trinajstić information content (AvgIpc) is 2.95. The minimum Gasteiger partial charge on any atom is -0.454 e. The number of rotatable bonds is 4. The summed E-state index contributed by atoms with van der Waals surface area (Å²) in [6.07, 6.45) is 2.80. The zero-order valence-electron chi connectivity index (χ0n) is 12.8. The Kier molecular flexibility index (Phi) is 5.91. The van der Waals surface area contributed by atoms with Gasteiger partial charge >= 0.3 is 0 Å². The first kappa shape index (κ1) is 16.9. The standard InChI is InChI=1S/C16H22N2O3.ClH/c1-11(13-2-3-14-15(9-13)21-10-20-14)18-16(19)8-12-4-6-17-7-5-12;/h2-3,9,11-12,17H,4-8,10H2,1H3,(H,18,19);1H. The van der Waals surface area contributed by atoms with Crippen molar-refractivity contribution in [3.05, 3.63) is 23.8 Å². The van der Waals surface area contributed by atoms with Gasteiger partial charge < -0.3 is 20.1 Å². The van der Waals surface area contributed by atoms with E-state index < -0.39 is 0 Å². The van der Waals surface area contributed by atoms with Crippen LogP contribution in [-0.2, 0) is 4.79 Å². The van der Waals surface area contributed by atoms with Crippen molar-refractivity contribution < 1.29 is 14.3 Å². The van der Waals surface area contributed by atoms with Crippen molar-refractivity contribution in [3.8, 4) is 11.5 Å². The molecule has 2 heterocycles. The van der Waals surface area contributed by atoms with E-state index in [9.17, 15) is 4.79 Å². The molecule has 0 radical (unpaired) electrons. The normalized spacial score (nSPS) is 18.4. The molecule has 0 spiro atoms. The summed E-state index contributed by atoms with van der Waals surface area (Å²) in [5.41, 5.74) is 1.04. The van der Waals surface area contributed by atoms with Crippen molar-refractivity contribution in [2.75, 3.05) is 19.9 Å². The third-order valence-corrected chi connectivity index (χ3v) is 4.21. The Morgan fingerprint density at radius 3 is 2.82 bits per heavy atom. The molecule has 6 heteroatoms. The predicted molar refractivity (Wildman–Crippen MR) is 86.6 cm³/mol. The number of hydrogen-bond donors (Lipinski definition) is 2. The fourth-order valence-corrected chi connectivity index (χ4v) is 2.91. The molecule has 1 saturated heterocycles. The molecule has 1 aromatic rings. The quantitative estimate of drug-likeness (QED) is 0.892. The van der Waals surface area contributed by atoms with Crippen LogP contribution in [0.5, 0.6) is 11.5 Å². The van der Waals surface area contributed by atoms with Gasteiger partial charge in [0.05, 0.1) is 6.04 Å². The highest BCUT2D eigenvalue weighted by molar-refractivity contribution is 5.85. The molecule has 2 aliphatic rings. The highest BCUT2D eigenvalue weighted by Crippen LogP contribution is 2.34. The van der Waals surface area contributed by atoms with Gasteiger partial charge in [0, 0.05) is 6.42 Å². The van der Waals surface area contributed by atoms with Gasteiger partial charge in [-0.25, -0.2) is 0 Å². The second-order valence-corrected chi connectivity index (χ2v) is 5.80. The summed E-state index contributed by atoms with van der Waals surface area (Å²) in [5, 5.41) is 6.40. The number of carbonyl (C=O) groups is 1. The van der Waals surface area contributed by atoms with E-state index in [0.29, 0.717) is 12.3 Å². The minimum absolute atomic E-state index is 0. The first-order chi connectivity index (χ1) is 10.2. The first-order valence-corrected chi connectivity index (χ1v) is 7.62. The number of ether oxygens (including phenoxy) is 2. The van der Waals surface area contributed by atoms with Crippen LogP contribution in [0.1, 0.15) is 37.8 Å². The molecule has 3 rings (SSSR count). The maximum atomic E-state index is 12.1. The lowest BCUT2D eigenvalue weighted by molar-refractivity contribution is -0.122. The SMILES string of the molecule is CC(NC(=O)CC1CCNCC1)c1ccc2c(c1)OCO2.Cl. The second-order valence-electron chi connectivity index (χ2n) is 5.80. The van der Waals surface area contributed by atoms with Crippen LogP contribution in [-0.4, -0.2) is 25.8 Å². The highest BCUT2D eigenvalue weighted by Gasteiger charge is 2.20. The van der Waals surface area contributed by atoms with Crippen molar-refractivity contribution >= 4 is 18.3 Å². The van der Waals surface area contributed by atoms with Crippen molar-refractivity contribution in [1.82, 2.24) is 10.6 Å². The smallest absolute Gasteiger partial charge is 0.231 e. The predicted octanol–water partition coefficient (Wildman–Crippen LogP) is 2.40. The summed E-state index contributed by atoms with van der Waals surface area (Å²) in [4.78, 5) is 12.1. The maximum Gasteiger partial charge on any atom is 0.231 e. The summed E-state index contributed by atoms with van der Waals surface area (Å²) in [7, 11) is 0. The molecule has 2 N–H and O–H groups in total. The third kappa shape index (κ3) is 4.05. The largest absolute Gasteiger partial charge is 0.454 e. The zero-order valence-corrected chi connectivity index (χ0v) is 13.6. The van der Waals surface area contributed by atoms with Crippen LogP contribution >= 0.6 is 12.4 Å². The number of amides is 1. The lowest BCUT2D eigenvalue weighted by Gasteiger charge is -2.23. The number of hydrogen-bond acceptors (Lipinski definition) is 4. The van der Waals surface area contributed by atoms with E-state index in [2.05, 4.69) is 10.6 Å². The minimum atomic E-state index is -0.0197. The number of halogens is 1. The van der Waals surface area contributed by atoms with Crippen LogP contribution in [0.4, 0.5) is 0 Å². The molecule has 1 atom stereocenters. The summed E-state index contributed by atoms with van der Waals surface area (Å²) in [6.45, 7) is 4.32. The van der Waals surface area contributed by atoms with Gasteiger partial charge in [-0.3, -0.25) is 4.79 Å². The van der Waals surface area contributed by atoms with Crippen molar-refractivity contribution in [2.24, 2.45) is 5.92 Å². The Labute approximate surface area is 137 Å². The molecule has 5 nitrogen and oxygen atoms in total. The molecular formula is C16H23ClN2O3. The molecule has 0 aliphatic carbocycles. The summed E-state index contributed by atoms with van der Waals surface area (Å²) < 4.78 is 10.7. The first-order valence-electron chi connectivity index (χ1n) is 7.62. The van der Waals surface area contributed by atoms with Gasteiger partial charge in [-0.05, 0) is 56.5 Å². The summed E-state index contributed by atoms with van der Waals surface area (Å²) in [5.74, 6) is 2.17. The van der Waals surface area contributed by atoms with Gasteiger partial charge in [-0.1, -0.05) is 6.07 Å². The van der Waals surface area contributed by atoms with E-state index in [4.69, 9.17) is 9.47 Å². The number of carbonyl (C=O) groups excluding carboxylic acids is 1. The van der Waals surface area contributed by atoms with E-state index in [1.807, 2.05) is 25.1 Å². The number of benzene rings is 1. The molecule has 1 aromatic carbocycles. The fraction of sp³-hybridized carbons (Fsp3) is 0.562. The number of nitrogens with one attached hydrogen (secondary N) is 2. The van der Waals surface area contributed by atoms with Gasteiger partial charge in [0.1, 0.15) is 0 Å². The highest BCUT2D eigenvalue weighted by atomic mass is 35.5. The molecule has 1 amide bonds. The van der Waals surface area contributed by atoms with E-state index in [0.717, 1.165) is 43.0 Å². The van der Waals surface area contributed by atoms with Crippen LogP contribution in [0.25, 0.3) is 0 Å². The van der Waals surface area contributed by atoms with Crippen molar-refractivity contribution in [1.29, 1.82) is 0 Å². The monoisotopic (exact) mass is 326 g/mol. The fourth-order valence-electron chi connectivity index (χ4n) is 2.91. The van der Waals surface area contributed by atoms with E-state index in [1.165, 1.54) is 0 Å². The Hall–Kier alpha value is -1.46. The topological polar surface area (TPSA) is 59.6 Å². The third-order valence-electron chi connectivity index (χ3n) is 4.21. The van der Waals surface area contributed by atoms with Gasteiger partial charge in [0.15, 0.2) is 11.5 Å². The molecule has 22 heavy (non-hydrogen) atoms. The average molecular weight is 327 g/mol.